The van der Waals surface area contributed by atoms with Crippen molar-refractivity contribution in [2.45, 2.75) is 51.2 Å². The number of alkyl halides is 3. The van der Waals surface area contributed by atoms with E-state index >= 15 is 0 Å². The normalized spacial score (nSPS) is 21.8. The molecule has 0 aromatic rings. The minimum atomic E-state index is -4.20. The maximum atomic E-state index is 12.8. The first-order valence-corrected chi connectivity index (χ1v) is 9.87. The second-order valence-corrected chi connectivity index (χ2v) is 7.34. The maximum absolute atomic E-state index is 12.8. The predicted molar refractivity (Wildman–Crippen MR) is 99.6 cm³/mol. The Balaban J connectivity index is 1.68. The van der Waals surface area contributed by atoms with Gasteiger partial charge in [-0.05, 0) is 19.8 Å². The monoisotopic (exact) mass is 391 g/mol. The Hall–Kier alpha value is -1.51. The minimum absolute atomic E-state index is 0.126. The molecule has 1 aliphatic heterocycles. The van der Waals surface area contributed by atoms with Gasteiger partial charge in [-0.15, -0.1) is 0 Å². The van der Waals surface area contributed by atoms with Gasteiger partial charge in [0.25, 0.3) is 0 Å². The van der Waals surface area contributed by atoms with Gasteiger partial charge >= 0.3 is 6.18 Å². The van der Waals surface area contributed by atoms with Gasteiger partial charge in [0.05, 0.1) is 0 Å². The lowest BCUT2D eigenvalue weighted by molar-refractivity contribution is -0.181. The molecule has 1 unspecified atom stereocenters. The van der Waals surface area contributed by atoms with Gasteiger partial charge in [-0.1, -0.05) is 19.3 Å². The van der Waals surface area contributed by atoms with E-state index in [4.69, 9.17) is 0 Å². The topological polar surface area (TPSA) is 60.0 Å². The van der Waals surface area contributed by atoms with E-state index in [9.17, 15) is 18.0 Å². The Morgan fingerprint density at radius 2 is 1.67 bits per heavy atom. The third kappa shape index (κ3) is 6.55. The highest BCUT2D eigenvalue weighted by Crippen LogP contribution is 2.25. The van der Waals surface area contributed by atoms with Crippen LogP contribution in [-0.4, -0.2) is 80.2 Å². The molecule has 0 radical (unpaired) electrons. The summed E-state index contributed by atoms with van der Waals surface area (Å²) >= 11 is 0. The largest absolute Gasteiger partial charge is 0.403 e. The summed E-state index contributed by atoms with van der Waals surface area (Å²) in [5, 5.41) is 6.16. The van der Waals surface area contributed by atoms with Gasteiger partial charge in [0.15, 0.2) is 5.96 Å². The molecule has 1 saturated heterocycles. The van der Waals surface area contributed by atoms with Crippen molar-refractivity contribution >= 4 is 11.9 Å². The fourth-order valence-electron chi connectivity index (χ4n) is 3.73. The van der Waals surface area contributed by atoms with E-state index in [2.05, 4.69) is 15.6 Å². The summed E-state index contributed by atoms with van der Waals surface area (Å²) < 4.78 is 38.5. The van der Waals surface area contributed by atoms with Crippen LogP contribution in [0.3, 0.4) is 0 Å². The Labute approximate surface area is 159 Å². The maximum Gasteiger partial charge on any atom is 0.403 e. The van der Waals surface area contributed by atoms with Gasteiger partial charge in [0, 0.05) is 52.2 Å². The zero-order valence-electron chi connectivity index (χ0n) is 16.3. The molecule has 1 aliphatic carbocycles. The Morgan fingerprint density at radius 1 is 1.07 bits per heavy atom. The Bertz CT molecular complexity index is 498. The molecule has 1 saturated carbocycles. The number of carbonyl (C=O) groups excluding carboxylic acids is 1. The number of guanidine groups is 1. The minimum Gasteiger partial charge on any atom is -0.354 e. The third-order valence-corrected chi connectivity index (χ3v) is 5.53. The number of carbonyl (C=O) groups is 1. The van der Waals surface area contributed by atoms with Crippen LogP contribution in [0.2, 0.25) is 0 Å². The molecular formula is C18H32F3N5O. The van der Waals surface area contributed by atoms with Gasteiger partial charge in [-0.25, -0.2) is 0 Å². The average molecular weight is 391 g/mol. The number of nitrogens with one attached hydrogen (secondary N) is 2. The number of hydrogen-bond donors (Lipinski definition) is 2. The molecule has 2 N–H and O–H groups in total. The molecule has 0 bridgehead atoms. The summed E-state index contributed by atoms with van der Waals surface area (Å²) in [6.07, 6.45) is 1.22. The molecule has 0 spiro atoms. The number of rotatable bonds is 5. The lowest BCUT2D eigenvalue weighted by atomic mass is 9.89. The van der Waals surface area contributed by atoms with Gasteiger partial charge in [0.2, 0.25) is 5.91 Å². The smallest absolute Gasteiger partial charge is 0.354 e. The van der Waals surface area contributed by atoms with Crippen molar-refractivity contribution in [3.05, 3.63) is 0 Å². The van der Waals surface area contributed by atoms with E-state index in [-0.39, 0.29) is 11.8 Å². The zero-order chi connectivity index (χ0) is 19.9. The third-order valence-electron chi connectivity index (χ3n) is 5.53. The van der Waals surface area contributed by atoms with E-state index in [0.717, 1.165) is 25.7 Å². The summed E-state index contributed by atoms with van der Waals surface area (Å²) in [7, 11) is 1.66. The SMILES string of the molecule is CN=C(NCCNC(=O)C1CCCCC1)N1CCN(C(C)C(F)(F)F)CC1. The molecule has 2 rings (SSSR count). The molecule has 27 heavy (non-hydrogen) atoms. The lowest BCUT2D eigenvalue weighted by Gasteiger charge is -2.39. The number of nitrogens with zero attached hydrogens (tertiary/aromatic N) is 3. The van der Waals surface area contributed by atoms with Crippen LogP contribution in [0.25, 0.3) is 0 Å². The Morgan fingerprint density at radius 3 is 2.22 bits per heavy atom. The van der Waals surface area contributed by atoms with Gasteiger partial charge in [-0.3, -0.25) is 14.7 Å². The van der Waals surface area contributed by atoms with E-state index < -0.39 is 12.2 Å². The van der Waals surface area contributed by atoms with Crippen LogP contribution in [0.4, 0.5) is 13.2 Å². The van der Waals surface area contributed by atoms with Crippen molar-refractivity contribution in [3.8, 4) is 0 Å². The molecule has 156 valence electrons. The first kappa shape index (κ1) is 21.8. The highest BCUT2D eigenvalue weighted by molar-refractivity contribution is 5.80. The van der Waals surface area contributed by atoms with E-state index in [0.29, 0.717) is 45.2 Å². The molecule has 0 aromatic carbocycles. The van der Waals surface area contributed by atoms with Crippen LogP contribution in [0.5, 0.6) is 0 Å². The fourth-order valence-corrected chi connectivity index (χ4v) is 3.73. The Kier molecular flexibility index (Phi) is 8.19. The van der Waals surface area contributed by atoms with Crippen LogP contribution >= 0.6 is 0 Å². The van der Waals surface area contributed by atoms with Crippen molar-refractivity contribution in [2.24, 2.45) is 10.9 Å². The lowest BCUT2D eigenvalue weighted by Crippen LogP contribution is -2.57. The van der Waals surface area contributed by atoms with Crippen molar-refractivity contribution in [3.63, 3.8) is 0 Å². The van der Waals surface area contributed by atoms with Crippen LogP contribution in [0.1, 0.15) is 39.0 Å². The molecule has 1 heterocycles. The van der Waals surface area contributed by atoms with Crippen LogP contribution in [0, 0.1) is 5.92 Å². The quantitative estimate of drug-likeness (QED) is 0.427. The molecule has 2 aliphatic rings. The van der Waals surface area contributed by atoms with Gasteiger partial charge < -0.3 is 15.5 Å². The number of aliphatic imine (C=N–C) groups is 1. The first-order chi connectivity index (χ1) is 12.8. The highest BCUT2D eigenvalue weighted by Gasteiger charge is 2.41. The highest BCUT2D eigenvalue weighted by atomic mass is 19.4. The molecule has 1 atom stereocenters. The second-order valence-electron chi connectivity index (χ2n) is 7.34. The summed E-state index contributed by atoms with van der Waals surface area (Å²) in [6, 6.07) is -1.43. The van der Waals surface area contributed by atoms with Crippen molar-refractivity contribution < 1.29 is 18.0 Å². The van der Waals surface area contributed by atoms with E-state index in [1.54, 1.807) is 7.05 Å². The summed E-state index contributed by atoms with van der Waals surface area (Å²) in [5.74, 6) is 0.934. The summed E-state index contributed by atoms with van der Waals surface area (Å²) in [5.41, 5.74) is 0. The molecule has 6 nitrogen and oxygen atoms in total. The van der Waals surface area contributed by atoms with Crippen LogP contribution in [-0.2, 0) is 4.79 Å². The number of piperazine rings is 1. The van der Waals surface area contributed by atoms with E-state index in [1.807, 2.05) is 4.90 Å². The zero-order valence-corrected chi connectivity index (χ0v) is 16.3. The summed E-state index contributed by atoms with van der Waals surface area (Å²) in [6.45, 7) is 3.95. The first-order valence-electron chi connectivity index (χ1n) is 9.87. The molecule has 0 aromatic heterocycles. The number of amides is 1. The fraction of sp³-hybridized carbons (Fsp3) is 0.889. The molecular weight excluding hydrogens is 359 g/mol. The van der Waals surface area contributed by atoms with Crippen molar-refractivity contribution in [1.29, 1.82) is 0 Å². The van der Waals surface area contributed by atoms with Gasteiger partial charge in [0.1, 0.15) is 6.04 Å². The average Bonchev–Trinajstić information content (AvgIpc) is 2.67. The van der Waals surface area contributed by atoms with Crippen molar-refractivity contribution in [1.82, 2.24) is 20.4 Å². The van der Waals surface area contributed by atoms with E-state index in [1.165, 1.54) is 18.2 Å². The number of halogens is 3. The standard InChI is InChI=1S/C18H32F3N5O/c1-14(18(19,20)21)25-10-12-26(13-11-25)17(22-2)24-9-8-23-16(27)15-6-4-3-5-7-15/h14-15H,3-13H2,1-2H3,(H,22,24)(H,23,27). The van der Waals surface area contributed by atoms with Gasteiger partial charge in [-0.2, -0.15) is 13.2 Å². The molecule has 9 heteroatoms. The summed E-state index contributed by atoms with van der Waals surface area (Å²) in [4.78, 5) is 19.7. The predicted octanol–water partition coefficient (Wildman–Crippen LogP) is 1.83. The molecule has 2 fully saturated rings. The second kappa shape index (κ2) is 10.1. The molecule has 1 amide bonds. The van der Waals surface area contributed by atoms with Crippen molar-refractivity contribution in [2.75, 3.05) is 46.3 Å². The van der Waals surface area contributed by atoms with Crippen LogP contribution in [0.15, 0.2) is 4.99 Å². The van der Waals surface area contributed by atoms with Crippen LogP contribution < -0.4 is 10.6 Å². The number of hydrogen-bond acceptors (Lipinski definition) is 3.